The van der Waals surface area contributed by atoms with Crippen molar-refractivity contribution in [2.75, 3.05) is 4.90 Å². The zero-order valence-corrected chi connectivity index (χ0v) is 16.6. The summed E-state index contributed by atoms with van der Waals surface area (Å²) < 4.78 is 0. The van der Waals surface area contributed by atoms with Crippen LogP contribution in [0.3, 0.4) is 0 Å². The molecule has 1 aromatic heterocycles. The van der Waals surface area contributed by atoms with E-state index in [1.54, 1.807) is 17.4 Å². The number of thiophene rings is 1. The Bertz CT molecular complexity index is 953. The zero-order valence-electron chi connectivity index (χ0n) is 15.8. The van der Waals surface area contributed by atoms with Crippen molar-refractivity contribution >= 4 is 23.1 Å². The summed E-state index contributed by atoms with van der Waals surface area (Å²) in [6.07, 6.45) is 7.65. The number of anilines is 1. The lowest BCUT2D eigenvalue weighted by molar-refractivity contribution is 0.435. The third-order valence-corrected chi connectivity index (χ3v) is 6.96. The molecule has 0 spiro atoms. The predicted octanol–water partition coefficient (Wildman–Crippen LogP) is 5.71. The van der Waals surface area contributed by atoms with Gasteiger partial charge in [0.2, 0.25) is 0 Å². The second-order valence-electron chi connectivity index (χ2n) is 7.52. The molecule has 136 valence electrons. The van der Waals surface area contributed by atoms with E-state index in [-0.39, 0.29) is 5.57 Å². The van der Waals surface area contributed by atoms with E-state index in [9.17, 15) is 0 Å². The van der Waals surface area contributed by atoms with Crippen LogP contribution in [0.2, 0.25) is 0 Å². The molecule has 27 heavy (non-hydrogen) atoms. The van der Waals surface area contributed by atoms with Gasteiger partial charge in [-0.05, 0) is 86.1 Å². The molecule has 0 amide bonds. The van der Waals surface area contributed by atoms with Gasteiger partial charge in [0, 0.05) is 27.5 Å². The standard InChI is InChI=1S/C23H23N3S/c1-3-20-7-6-18-12-19(11-17-5-4-15(2)26(20)23(17)18)22-9-8-21(27-22)10-16(13-24)14-25/h8-12,15,20H,3-7H2,1-2H3/t15-,20+/m1/s1. The summed E-state index contributed by atoms with van der Waals surface area (Å²) in [7, 11) is 0. The maximum Gasteiger partial charge on any atom is 0.131 e. The van der Waals surface area contributed by atoms with Crippen LogP contribution in [0.5, 0.6) is 0 Å². The van der Waals surface area contributed by atoms with Gasteiger partial charge in [0.1, 0.15) is 17.7 Å². The highest BCUT2D eigenvalue weighted by molar-refractivity contribution is 7.16. The van der Waals surface area contributed by atoms with E-state index in [4.69, 9.17) is 10.5 Å². The van der Waals surface area contributed by atoms with Crippen LogP contribution >= 0.6 is 11.3 Å². The lowest BCUT2D eigenvalue weighted by Crippen LogP contribution is -2.47. The Morgan fingerprint density at radius 1 is 1.19 bits per heavy atom. The summed E-state index contributed by atoms with van der Waals surface area (Å²) in [4.78, 5) is 4.85. The van der Waals surface area contributed by atoms with Crippen molar-refractivity contribution in [1.82, 2.24) is 0 Å². The van der Waals surface area contributed by atoms with Crippen LogP contribution in [0, 0.1) is 22.7 Å². The molecule has 0 fully saturated rings. The number of hydrogen-bond acceptors (Lipinski definition) is 4. The monoisotopic (exact) mass is 373 g/mol. The number of hydrogen-bond donors (Lipinski definition) is 0. The molecule has 0 saturated heterocycles. The Kier molecular flexibility index (Phi) is 4.77. The van der Waals surface area contributed by atoms with Crippen LogP contribution in [-0.4, -0.2) is 12.1 Å². The number of aryl methyl sites for hydroxylation is 2. The fourth-order valence-electron chi connectivity index (χ4n) is 4.56. The highest BCUT2D eigenvalue weighted by atomic mass is 32.1. The molecule has 0 N–H and O–H groups in total. The maximum atomic E-state index is 8.97. The third kappa shape index (κ3) is 3.15. The summed E-state index contributed by atoms with van der Waals surface area (Å²) in [5, 5.41) is 17.9. The fourth-order valence-corrected chi connectivity index (χ4v) is 5.50. The molecular weight excluding hydrogens is 350 g/mol. The third-order valence-electron chi connectivity index (χ3n) is 5.88. The Morgan fingerprint density at radius 3 is 2.56 bits per heavy atom. The van der Waals surface area contributed by atoms with E-state index in [2.05, 4.69) is 36.9 Å². The minimum absolute atomic E-state index is 0.152. The molecule has 3 heterocycles. The molecule has 2 atom stereocenters. The van der Waals surface area contributed by atoms with Gasteiger partial charge in [-0.1, -0.05) is 6.92 Å². The van der Waals surface area contributed by atoms with Crippen molar-refractivity contribution in [3.05, 3.63) is 45.8 Å². The average Bonchev–Trinajstić information content (AvgIpc) is 3.17. The van der Waals surface area contributed by atoms with Crippen molar-refractivity contribution < 1.29 is 0 Å². The van der Waals surface area contributed by atoms with Crippen LogP contribution in [0.1, 0.15) is 49.1 Å². The summed E-state index contributed by atoms with van der Waals surface area (Å²) >= 11 is 1.65. The molecule has 2 aliphatic heterocycles. The van der Waals surface area contributed by atoms with Crippen molar-refractivity contribution in [3.63, 3.8) is 0 Å². The second kappa shape index (κ2) is 7.22. The van der Waals surface area contributed by atoms with Crippen molar-refractivity contribution in [3.8, 4) is 22.6 Å². The molecule has 0 aliphatic carbocycles. The Labute approximate surface area is 165 Å². The largest absolute Gasteiger partial charge is 0.365 e. The van der Waals surface area contributed by atoms with Gasteiger partial charge in [-0.3, -0.25) is 0 Å². The van der Waals surface area contributed by atoms with Gasteiger partial charge >= 0.3 is 0 Å². The topological polar surface area (TPSA) is 50.8 Å². The van der Waals surface area contributed by atoms with Crippen molar-refractivity contribution in [1.29, 1.82) is 10.5 Å². The summed E-state index contributed by atoms with van der Waals surface area (Å²) in [6, 6.07) is 14.0. The number of nitriles is 2. The molecule has 2 aromatic rings. The highest BCUT2D eigenvalue weighted by Gasteiger charge is 2.33. The average molecular weight is 374 g/mol. The van der Waals surface area contributed by atoms with Gasteiger partial charge in [-0.2, -0.15) is 10.5 Å². The zero-order chi connectivity index (χ0) is 19.0. The molecule has 4 rings (SSSR count). The highest BCUT2D eigenvalue weighted by Crippen LogP contribution is 2.44. The lowest BCUT2D eigenvalue weighted by Gasteiger charge is -2.47. The molecule has 0 radical (unpaired) electrons. The van der Waals surface area contributed by atoms with Crippen LogP contribution in [-0.2, 0) is 12.8 Å². The molecular formula is C23H23N3S. The number of nitrogens with zero attached hydrogens (tertiary/aromatic N) is 3. The van der Waals surface area contributed by atoms with Crippen LogP contribution in [0.15, 0.2) is 29.8 Å². The van der Waals surface area contributed by atoms with Gasteiger partial charge < -0.3 is 4.90 Å². The van der Waals surface area contributed by atoms with Gasteiger partial charge in [-0.15, -0.1) is 11.3 Å². The molecule has 0 saturated carbocycles. The lowest BCUT2D eigenvalue weighted by atomic mass is 9.84. The van der Waals surface area contributed by atoms with Gasteiger partial charge in [-0.25, -0.2) is 0 Å². The van der Waals surface area contributed by atoms with E-state index >= 15 is 0 Å². The predicted molar refractivity (Wildman–Crippen MR) is 112 cm³/mol. The Morgan fingerprint density at radius 2 is 1.89 bits per heavy atom. The molecule has 0 bridgehead atoms. The molecule has 2 aliphatic rings. The first-order chi connectivity index (χ1) is 13.1. The minimum Gasteiger partial charge on any atom is -0.365 e. The SMILES string of the molecule is CC[C@H]1CCc2cc(-c3ccc(C=C(C#N)C#N)s3)cc3c2N1[C@H](C)CC3. The normalized spacial score (nSPS) is 20.4. The van der Waals surface area contributed by atoms with Gasteiger partial charge in [0.15, 0.2) is 0 Å². The van der Waals surface area contributed by atoms with E-state index < -0.39 is 0 Å². The molecule has 1 aromatic carbocycles. The van der Waals surface area contributed by atoms with Gasteiger partial charge in [0.05, 0.1) is 0 Å². The Hall–Kier alpha value is -2.56. The molecule has 3 nitrogen and oxygen atoms in total. The minimum atomic E-state index is 0.152. The smallest absolute Gasteiger partial charge is 0.131 e. The first-order valence-corrected chi connectivity index (χ1v) is 10.5. The van der Waals surface area contributed by atoms with Gasteiger partial charge in [0.25, 0.3) is 0 Å². The molecule has 0 unspecified atom stereocenters. The van der Waals surface area contributed by atoms with E-state index in [1.165, 1.54) is 46.5 Å². The number of allylic oxidation sites excluding steroid dienone is 1. The van der Waals surface area contributed by atoms with Crippen LogP contribution in [0.25, 0.3) is 16.5 Å². The summed E-state index contributed by atoms with van der Waals surface area (Å²) in [5.41, 5.74) is 5.90. The van der Waals surface area contributed by atoms with Crippen LogP contribution < -0.4 is 4.90 Å². The number of rotatable bonds is 3. The first-order valence-electron chi connectivity index (χ1n) is 9.70. The summed E-state index contributed by atoms with van der Waals surface area (Å²) in [5.74, 6) is 0. The fraction of sp³-hybridized carbons (Fsp3) is 0.391. The first kappa shape index (κ1) is 17.8. The quantitative estimate of drug-likeness (QED) is 0.647. The Balaban J connectivity index is 1.74. The number of benzene rings is 1. The van der Waals surface area contributed by atoms with Crippen molar-refractivity contribution in [2.24, 2.45) is 0 Å². The summed E-state index contributed by atoms with van der Waals surface area (Å²) in [6.45, 7) is 4.68. The maximum absolute atomic E-state index is 8.97. The van der Waals surface area contributed by atoms with Crippen LogP contribution in [0.4, 0.5) is 5.69 Å². The van der Waals surface area contributed by atoms with E-state index in [0.717, 1.165) is 17.7 Å². The molecule has 4 heteroatoms. The van der Waals surface area contributed by atoms with Crippen molar-refractivity contribution in [2.45, 2.75) is 58.0 Å². The van der Waals surface area contributed by atoms with E-state index in [0.29, 0.717) is 12.1 Å². The second-order valence-corrected chi connectivity index (χ2v) is 8.64. The van der Waals surface area contributed by atoms with E-state index in [1.807, 2.05) is 18.2 Å².